The van der Waals surface area contributed by atoms with Crippen LogP contribution in [0.1, 0.15) is 5.56 Å². The maximum Gasteiger partial charge on any atom is 0.284 e. The van der Waals surface area contributed by atoms with Crippen LogP contribution in [0.4, 0.5) is 0 Å². The summed E-state index contributed by atoms with van der Waals surface area (Å²) in [7, 11) is -3.85. The van der Waals surface area contributed by atoms with Crippen molar-refractivity contribution in [2.24, 2.45) is 0 Å². The number of rotatable bonds is 3. The summed E-state index contributed by atoms with van der Waals surface area (Å²) < 4.78 is 25.7. The molecule has 0 saturated carbocycles. The zero-order valence-electron chi connectivity index (χ0n) is 10.5. The molecule has 104 valence electrons. The topological polar surface area (TPSA) is 88.6 Å². The average Bonchev–Trinajstić information content (AvgIpc) is 3.18. The van der Waals surface area contributed by atoms with E-state index < -0.39 is 10.0 Å². The number of nitrogens with zero attached hydrogens (tertiary/aromatic N) is 4. The molecule has 2 aromatic heterocycles. The van der Waals surface area contributed by atoms with Crippen LogP contribution in [-0.2, 0) is 10.0 Å². The Morgan fingerprint density at radius 1 is 1.24 bits per heavy atom. The van der Waals surface area contributed by atoms with Gasteiger partial charge in [0.2, 0.25) is 0 Å². The Balaban J connectivity index is 2.05. The predicted molar refractivity (Wildman–Crippen MR) is 77.1 cm³/mol. The minimum atomic E-state index is -3.85. The van der Waals surface area contributed by atoms with Crippen molar-refractivity contribution >= 4 is 21.4 Å². The molecular weight excluding hydrogens is 308 g/mol. The SMILES string of the molecule is N#Cc1cccc(S(=O)(=O)n2cnc(-c3cccs3)n2)c1. The van der Waals surface area contributed by atoms with E-state index in [2.05, 4.69) is 10.1 Å². The zero-order valence-corrected chi connectivity index (χ0v) is 12.2. The van der Waals surface area contributed by atoms with Gasteiger partial charge in [0.15, 0.2) is 5.82 Å². The summed E-state index contributed by atoms with van der Waals surface area (Å²) in [6.45, 7) is 0. The van der Waals surface area contributed by atoms with Gasteiger partial charge in [0.1, 0.15) is 6.33 Å². The third-order valence-corrected chi connectivity index (χ3v) is 5.10. The Morgan fingerprint density at radius 3 is 2.81 bits per heavy atom. The Kier molecular flexibility index (Phi) is 3.29. The second-order valence-electron chi connectivity index (χ2n) is 4.06. The summed E-state index contributed by atoms with van der Waals surface area (Å²) in [6.07, 6.45) is 1.16. The van der Waals surface area contributed by atoms with Crippen molar-refractivity contribution in [2.45, 2.75) is 4.90 Å². The Bertz CT molecular complexity index is 921. The minimum Gasteiger partial charge on any atom is -0.213 e. The maximum absolute atomic E-state index is 12.4. The molecule has 6 nitrogen and oxygen atoms in total. The van der Waals surface area contributed by atoms with Gasteiger partial charge in [-0.1, -0.05) is 12.1 Å². The molecule has 3 aromatic rings. The molecule has 0 aliphatic rings. The van der Waals surface area contributed by atoms with Crippen molar-refractivity contribution in [1.82, 2.24) is 14.2 Å². The molecule has 0 amide bonds. The van der Waals surface area contributed by atoms with Gasteiger partial charge < -0.3 is 0 Å². The van der Waals surface area contributed by atoms with Crippen molar-refractivity contribution in [1.29, 1.82) is 5.26 Å². The largest absolute Gasteiger partial charge is 0.284 e. The third-order valence-electron chi connectivity index (χ3n) is 2.72. The molecule has 3 rings (SSSR count). The number of hydrogen-bond acceptors (Lipinski definition) is 6. The second-order valence-corrected chi connectivity index (χ2v) is 6.81. The lowest BCUT2D eigenvalue weighted by atomic mass is 10.2. The van der Waals surface area contributed by atoms with Crippen LogP contribution < -0.4 is 0 Å². The van der Waals surface area contributed by atoms with E-state index in [1.54, 1.807) is 0 Å². The molecule has 0 saturated heterocycles. The first kappa shape index (κ1) is 13.5. The Morgan fingerprint density at radius 2 is 2.10 bits per heavy atom. The summed E-state index contributed by atoms with van der Waals surface area (Å²) in [4.78, 5) is 4.80. The van der Waals surface area contributed by atoms with Crippen LogP contribution in [0.15, 0.2) is 53.0 Å². The fraction of sp³-hybridized carbons (Fsp3) is 0. The predicted octanol–water partition coefficient (Wildman–Crippen LogP) is 2.12. The maximum atomic E-state index is 12.4. The van der Waals surface area contributed by atoms with E-state index in [0.717, 1.165) is 15.3 Å². The molecule has 0 bridgehead atoms. The number of benzene rings is 1. The number of aromatic nitrogens is 3. The van der Waals surface area contributed by atoms with Gasteiger partial charge in [-0.3, -0.25) is 0 Å². The quantitative estimate of drug-likeness (QED) is 0.738. The van der Waals surface area contributed by atoms with Crippen LogP contribution in [0.25, 0.3) is 10.7 Å². The lowest BCUT2D eigenvalue weighted by molar-refractivity contribution is 0.580. The molecule has 0 atom stereocenters. The molecule has 21 heavy (non-hydrogen) atoms. The summed E-state index contributed by atoms with van der Waals surface area (Å²) in [5.74, 6) is 0.352. The van der Waals surface area contributed by atoms with Crippen molar-refractivity contribution in [3.05, 3.63) is 53.7 Å². The van der Waals surface area contributed by atoms with Gasteiger partial charge in [-0.25, -0.2) is 4.98 Å². The van der Waals surface area contributed by atoms with E-state index >= 15 is 0 Å². The van der Waals surface area contributed by atoms with Gasteiger partial charge in [-0.2, -0.15) is 13.7 Å². The highest BCUT2D eigenvalue weighted by atomic mass is 32.2. The van der Waals surface area contributed by atoms with E-state index in [9.17, 15) is 8.42 Å². The van der Waals surface area contributed by atoms with Gasteiger partial charge in [0, 0.05) is 0 Å². The normalized spacial score (nSPS) is 11.2. The van der Waals surface area contributed by atoms with Crippen LogP contribution >= 0.6 is 11.3 Å². The van der Waals surface area contributed by atoms with Crippen molar-refractivity contribution < 1.29 is 8.42 Å². The van der Waals surface area contributed by atoms with Crippen LogP contribution in [-0.4, -0.2) is 22.6 Å². The number of thiophene rings is 1. The summed E-state index contributed by atoms with van der Waals surface area (Å²) >= 11 is 1.43. The number of nitriles is 1. The second kappa shape index (κ2) is 5.12. The first-order valence-electron chi connectivity index (χ1n) is 5.82. The van der Waals surface area contributed by atoms with E-state index in [-0.39, 0.29) is 10.5 Å². The first-order chi connectivity index (χ1) is 10.1. The highest BCUT2D eigenvalue weighted by Gasteiger charge is 2.20. The van der Waals surface area contributed by atoms with E-state index in [0.29, 0.717) is 5.82 Å². The highest BCUT2D eigenvalue weighted by molar-refractivity contribution is 7.89. The number of hydrogen-bond donors (Lipinski definition) is 0. The van der Waals surface area contributed by atoms with Gasteiger partial charge in [-0.05, 0) is 29.6 Å². The van der Waals surface area contributed by atoms with E-state index in [4.69, 9.17) is 5.26 Å². The smallest absolute Gasteiger partial charge is 0.213 e. The van der Waals surface area contributed by atoms with Gasteiger partial charge >= 0.3 is 0 Å². The lowest BCUT2D eigenvalue weighted by Gasteiger charge is -2.03. The summed E-state index contributed by atoms with van der Waals surface area (Å²) in [5, 5.41) is 14.7. The van der Waals surface area contributed by atoms with E-state index in [1.165, 1.54) is 35.6 Å². The van der Waals surface area contributed by atoms with Crippen molar-refractivity contribution in [2.75, 3.05) is 0 Å². The Labute approximate surface area is 125 Å². The molecule has 8 heteroatoms. The summed E-state index contributed by atoms with van der Waals surface area (Å²) in [5.41, 5.74) is 0.273. The highest BCUT2D eigenvalue weighted by Crippen LogP contribution is 2.21. The molecule has 1 aromatic carbocycles. The molecule has 0 fully saturated rings. The molecule has 0 radical (unpaired) electrons. The Hall–Kier alpha value is -2.50. The molecule has 2 heterocycles. The lowest BCUT2D eigenvalue weighted by Crippen LogP contribution is -2.13. The van der Waals surface area contributed by atoms with Crippen LogP contribution in [0.2, 0.25) is 0 Å². The standard InChI is InChI=1S/C13H8N4O2S2/c14-8-10-3-1-4-11(7-10)21(18,19)17-9-15-13(16-17)12-5-2-6-20-12/h1-7,9H. The van der Waals surface area contributed by atoms with Crippen LogP contribution in [0.3, 0.4) is 0 Å². The molecular formula is C13H8N4O2S2. The molecule has 0 aliphatic carbocycles. The molecule has 0 aliphatic heterocycles. The average molecular weight is 316 g/mol. The molecule has 0 N–H and O–H groups in total. The van der Waals surface area contributed by atoms with Crippen molar-refractivity contribution in [3.63, 3.8) is 0 Å². The monoisotopic (exact) mass is 316 g/mol. The van der Waals surface area contributed by atoms with E-state index in [1.807, 2.05) is 23.6 Å². The first-order valence-corrected chi connectivity index (χ1v) is 8.14. The third kappa shape index (κ3) is 2.44. The molecule has 0 unspecified atom stereocenters. The fourth-order valence-electron chi connectivity index (χ4n) is 1.72. The van der Waals surface area contributed by atoms with Gasteiger partial charge in [0.25, 0.3) is 10.0 Å². The van der Waals surface area contributed by atoms with Gasteiger partial charge in [-0.15, -0.1) is 20.5 Å². The molecule has 0 spiro atoms. The van der Waals surface area contributed by atoms with Crippen molar-refractivity contribution in [3.8, 4) is 16.8 Å². The fourth-order valence-corrected chi connectivity index (χ4v) is 3.48. The van der Waals surface area contributed by atoms with Crippen LogP contribution in [0.5, 0.6) is 0 Å². The minimum absolute atomic E-state index is 0.00387. The zero-order chi connectivity index (χ0) is 14.9. The van der Waals surface area contributed by atoms with Gasteiger partial charge in [0.05, 0.1) is 21.4 Å². The summed E-state index contributed by atoms with van der Waals surface area (Å²) in [6, 6.07) is 11.3. The van der Waals surface area contributed by atoms with Crippen LogP contribution in [0, 0.1) is 11.3 Å².